The second-order valence-electron chi connectivity index (χ2n) is 4.11. The molecule has 106 valence electrons. The summed E-state index contributed by atoms with van der Waals surface area (Å²) in [4.78, 5) is 20.6. The van der Waals surface area contributed by atoms with Gasteiger partial charge in [0.15, 0.2) is 5.13 Å². The average molecular weight is 320 g/mol. The Kier molecular flexibility index (Phi) is 3.70. The van der Waals surface area contributed by atoms with Crippen molar-refractivity contribution in [2.45, 2.75) is 0 Å². The van der Waals surface area contributed by atoms with Crippen molar-refractivity contribution in [2.24, 2.45) is 5.84 Å². The van der Waals surface area contributed by atoms with Gasteiger partial charge in [-0.05, 0) is 24.3 Å². The molecule has 2 aromatic heterocycles. The number of nitrogens with two attached hydrogens (primary N) is 1. The summed E-state index contributed by atoms with van der Waals surface area (Å²) < 4.78 is 0.990. The predicted molar refractivity (Wildman–Crippen MR) is 84.6 cm³/mol. The fourth-order valence-corrected chi connectivity index (χ4v) is 2.82. The number of thiazole rings is 1. The van der Waals surface area contributed by atoms with E-state index in [0.29, 0.717) is 10.9 Å². The molecule has 1 amide bonds. The molecule has 0 radical (unpaired) electrons. The van der Waals surface area contributed by atoms with Crippen LogP contribution in [0.25, 0.3) is 10.2 Å². The maximum absolute atomic E-state index is 12.2. The van der Waals surface area contributed by atoms with Crippen LogP contribution in [0.4, 0.5) is 10.9 Å². The molecule has 0 atom stereocenters. The second-order valence-corrected chi connectivity index (χ2v) is 5.55. The number of amides is 1. The van der Waals surface area contributed by atoms with E-state index >= 15 is 0 Å². The first-order chi connectivity index (χ1) is 10.2. The summed E-state index contributed by atoms with van der Waals surface area (Å²) in [7, 11) is 0. The van der Waals surface area contributed by atoms with Crippen molar-refractivity contribution in [3.05, 3.63) is 47.1 Å². The number of benzene rings is 1. The molecule has 8 heteroatoms. The molecule has 0 bridgehead atoms. The normalized spacial score (nSPS) is 10.6. The Bertz CT molecular complexity index is 786. The Balaban J connectivity index is 1.89. The number of rotatable bonds is 3. The lowest BCUT2D eigenvalue weighted by atomic mass is 10.3. The molecule has 0 unspecified atom stereocenters. The quantitative estimate of drug-likeness (QED) is 0.510. The van der Waals surface area contributed by atoms with Gasteiger partial charge in [0.2, 0.25) is 0 Å². The van der Waals surface area contributed by atoms with Crippen LogP contribution in [0, 0.1) is 0 Å². The van der Waals surface area contributed by atoms with Crippen LogP contribution in [-0.2, 0) is 0 Å². The standard InChI is InChI=1S/C13H10ClN5OS/c14-7-5-6-10(19-15)17-11(7)12(20)18-13-16-8-3-1-2-4-9(8)21-13/h1-6H,15H2,(H,17,19)(H,16,18,20). The van der Waals surface area contributed by atoms with E-state index in [-0.39, 0.29) is 10.7 Å². The first kappa shape index (κ1) is 13.7. The third-order valence-corrected chi connectivity index (χ3v) is 3.98. The van der Waals surface area contributed by atoms with Gasteiger partial charge < -0.3 is 5.43 Å². The van der Waals surface area contributed by atoms with Gasteiger partial charge in [-0.15, -0.1) is 0 Å². The summed E-state index contributed by atoms with van der Waals surface area (Å²) in [5.41, 5.74) is 3.29. The molecule has 3 aromatic rings. The summed E-state index contributed by atoms with van der Waals surface area (Å²) in [6, 6.07) is 10.8. The minimum Gasteiger partial charge on any atom is -0.308 e. The van der Waals surface area contributed by atoms with Crippen molar-refractivity contribution in [3.63, 3.8) is 0 Å². The van der Waals surface area contributed by atoms with Crippen molar-refractivity contribution >= 4 is 50.0 Å². The molecule has 0 saturated carbocycles. The van der Waals surface area contributed by atoms with E-state index in [2.05, 4.69) is 20.7 Å². The predicted octanol–water partition coefficient (Wildman–Crippen LogP) is 2.88. The lowest BCUT2D eigenvalue weighted by Gasteiger charge is -2.05. The van der Waals surface area contributed by atoms with Crippen LogP contribution in [-0.4, -0.2) is 15.9 Å². The maximum atomic E-state index is 12.2. The van der Waals surface area contributed by atoms with Crippen LogP contribution in [0.2, 0.25) is 5.02 Å². The highest BCUT2D eigenvalue weighted by Crippen LogP contribution is 2.26. The number of nitrogens with zero attached hydrogens (tertiary/aromatic N) is 2. The van der Waals surface area contributed by atoms with Crippen LogP contribution < -0.4 is 16.6 Å². The van der Waals surface area contributed by atoms with E-state index in [9.17, 15) is 4.79 Å². The number of hydrogen-bond donors (Lipinski definition) is 3. The Morgan fingerprint density at radius 2 is 2.00 bits per heavy atom. The number of hydrogen-bond acceptors (Lipinski definition) is 6. The van der Waals surface area contributed by atoms with Crippen molar-refractivity contribution in [2.75, 3.05) is 10.7 Å². The number of aromatic nitrogens is 2. The van der Waals surface area contributed by atoms with E-state index in [1.54, 1.807) is 12.1 Å². The summed E-state index contributed by atoms with van der Waals surface area (Å²) in [5.74, 6) is 5.20. The second kappa shape index (κ2) is 5.65. The number of carbonyl (C=O) groups excluding carboxylic acids is 1. The Morgan fingerprint density at radius 1 is 1.19 bits per heavy atom. The summed E-state index contributed by atoms with van der Waals surface area (Å²) in [6.07, 6.45) is 0. The van der Waals surface area contributed by atoms with Gasteiger partial charge in [0, 0.05) is 0 Å². The zero-order chi connectivity index (χ0) is 14.8. The Hall–Kier alpha value is -2.22. The third-order valence-electron chi connectivity index (χ3n) is 2.72. The number of anilines is 2. The lowest BCUT2D eigenvalue weighted by Crippen LogP contribution is -2.16. The average Bonchev–Trinajstić information content (AvgIpc) is 2.89. The van der Waals surface area contributed by atoms with Crippen LogP contribution in [0.3, 0.4) is 0 Å². The smallest absolute Gasteiger partial charge is 0.277 e. The minimum absolute atomic E-state index is 0.0892. The van der Waals surface area contributed by atoms with E-state index in [1.165, 1.54) is 11.3 Å². The molecule has 0 aliphatic heterocycles. The molecule has 0 fully saturated rings. The number of fused-ring (bicyclic) bond motifs is 1. The van der Waals surface area contributed by atoms with Crippen LogP contribution in [0.1, 0.15) is 10.5 Å². The summed E-state index contributed by atoms with van der Waals surface area (Å²) in [6.45, 7) is 0. The monoisotopic (exact) mass is 319 g/mol. The fourth-order valence-electron chi connectivity index (χ4n) is 1.76. The zero-order valence-corrected chi connectivity index (χ0v) is 12.2. The Morgan fingerprint density at radius 3 is 2.76 bits per heavy atom. The first-order valence-electron chi connectivity index (χ1n) is 5.97. The highest BCUT2D eigenvalue weighted by Gasteiger charge is 2.15. The Labute approximate surface area is 128 Å². The molecule has 1 aromatic carbocycles. The van der Waals surface area contributed by atoms with Crippen molar-refractivity contribution < 1.29 is 4.79 Å². The number of nitrogens with one attached hydrogen (secondary N) is 2. The lowest BCUT2D eigenvalue weighted by molar-refractivity contribution is 0.102. The largest absolute Gasteiger partial charge is 0.308 e. The van der Waals surface area contributed by atoms with Gasteiger partial charge in [-0.3, -0.25) is 10.1 Å². The van der Waals surface area contributed by atoms with Gasteiger partial charge in [-0.1, -0.05) is 35.1 Å². The van der Waals surface area contributed by atoms with Crippen LogP contribution >= 0.6 is 22.9 Å². The molecule has 21 heavy (non-hydrogen) atoms. The summed E-state index contributed by atoms with van der Waals surface area (Å²) >= 11 is 7.37. The zero-order valence-electron chi connectivity index (χ0n) is 10.6. The van der Waals surface area contributed by atoms with Gasteiger partial charge in [0.1, 0.15) is 11.5 Å². The van der Waals surface area contributed by atoms with E-state index in [1.807, 2.05) is 24.3 Å². The number of para-hydroxylation sites is 1. The van der Waals surface area contributed by atoms with E-state index in [4.69, 9.17) is 17.4 Å². The highest BCUT2D eigenvalue weighted by atomic mass is 35.5. The SMILES string of the molecule is NNc1ccc(Cl)c(C(=O)Nc2nc3ccccc3s2)n1. The van der Waals surface area contributed by atoms with E-state index < -0.39 is 5.91 Å². The van der Waals surface area contributed by atoms with Crippen LogP contribution in [0.15, 0.2) is 36.4 Å². The minimum atomic E-state index is -0.434. The molecule has 2 heterocycles. The van der Waals surface area contributed by atoms with Gasteiger partial charge in [0.25, 0.3) is 5.91 Å². The van der Waals surface area contributed by atoms with Crippen LogP contribution in [0.5, 0.6) is 0 Å². The topological polar surface area (TPSA) is 92.9 Å². The van der Waals surface area contributed by atoms with Crippen molar-refractivity contribution in [3.8, 4) is 0 Å². The molecule has 0 aliphatic carbocycles. The van der Waals surface area contributed by atoms with Crippen molar-refractivity contribution in [1.29, 1.82) is 0 Å². The summed E-state index contributed by atoms with van der Waals surface area (Å²) in [5, 5.41) is 3.43. The molecular weight excluding hydrogens is 310 g/mol. The number of pyridine rings is 1. The maximum Gasteiger partial charge on any atom is 0.277 e. The van der Waals surface area contributed by atoms with Gasteiger partial charge in [-0.25, -0.2) is 15.8 Å². The molecule has 0 saturated heterocycles. The van der Waals surface area contributed by atoms with Gasteiger partial charge in [0.05, 0.1) is 15.2 Å². The number of hydrazine groups is 1. The third kappa shape index (κ3) is 2.80. The number of nitrogen functional groups attached to an aromatic ring is 1. The van der Waals surface area contributed by atoms with Gasteiger partial charge >= 0.3 is 0 Å². The van der Waals surface area contributed by atoms with Crippen molar-refractivity contribution in [1.82, 2.24) is 9.97 Å². The van der Waals surface area contributed by atoms with E-state index in [0.717, 1.165) is 10.2 Å². The first-order valence-corrected chi connectivity index (χ1v) is 7.17. The molecule has 3 rings (SSSR count). The molecule has 0 aliphatic rings. The number of halogens is 1. The van der Waals surface area contributed by atoms with Gasteiger partial charge in [-0.2, -0.15) is 0 Å². The fraction of sp³-hybridized carbons (Fsp3) is 0. The molecule has 6 nitrogen and oxygen atoms in total. The molecule has 4 N–H and O–H groups in total. The molecular formula is C13H10ClN5OS. The number of carbonyl (C=O) groups is 1. The molecule has 0 spiro atoms. The highest BCUT2D eigenvalue weighted by molar-refractivity contribution is 7.22.